The summed E-state index contributed by atoms with van der Waals surface area (Å²) in [5.74, 6) is 0.446. The molecule has 0 bridgehead atoms. The van der Waals surface area contributed by atoms with Crippen LogP contribution in [0, 0.1) is 6.92 Å². The van der Waals surface area contributed by atoms with Gasteiger partial charge in [0.15, 0.2) is 5.82 Å². The van der Waals surface area contributed by atoms with Crippen LogP contribution in [0.5, 0.6) is 0 Å². The minimum atomic E-state index is -0.258. The van der Waals surface area contributed by atoms with Crippen LogP contribution in [0.3, 0.4) is 0 Å². The van der Waals surface area contributed by atoms with Gasteiger partial charge in [-0.2, -0.15) is 0 Å². The smallest absolute Gasteiger partial charge is 0.255 e. The molecule has 2 aromatic rings. The molecular formula is C18H22N4O2. The number of aromatic amines is 1. The number of nitrogens with one attached hydrogen (secondary N) is 1. The van der Waals surface area contributed by atoms with E-state index >= 15 is 0 Å². The molecule has 0 aromatic carbocycles. The van der Waals surface area contributed by atoms with Gasteiger partial charge in [0.05, 0.1) is 6.42 Å². The van der Waals surface area contributed by atoms with Gasteiger partial charge < -0.3 is 9.88 Å². The Bertz CT molecular complexity index is 762. The number of hydrogen-bond acceptors (Lipinski definition) is 4. The van der Waals surface area contributed by atoms with Crippen LogP contribution in [0.25, 0.3) is 11.5 Å². The number of amides is 1. The standard InChI is InChI=1S/C18H22N4O2/c1-13-14(12-16(23)22-10-6-2-3-7-11-22)18(24)21-17(20-13)15-8-4-5-9-19-15/h4-5,8-9H,2-3,6-7,10-12H2,1H3,(H,20,21,24). The Labute approximate surface area is 141 Å². The van der Waals surface area contributed by atoms with Gasteiger partial charge >= 0.3 is 0 Å². The van der Waals surface area contributed by atoms with Gasteiger partial charge in [-0.25, -0.2) is 4.98 Å². The Kier molecular flexibility index (Phi) is 5.03. The number of aryl methyl sites for hydroxylation is 1. The van der Waals surface area contributed by atoms with E-state index in [4.69, 9.17) is 0 Å². The van der Waals surface area contributed by atoms with Gasteiger partial charge in [0.25, 0.3) is 5.56 Å². The van der Waals surface area contributed by atoms with E-state index in [1.54, 1.807) is 19.2 Å². The van der Waals surface area contributed by atoms with E-state index in [9.17, 15) is 9.59 Å². The summed E-state index contributed by atoms with van der Waals surface area (Å²) in [5, 5.41) is 0. The van der Waals surface area contributed by atoms with Crippen molar-refractivity contribution >= 4 is 5.91 Å². The monoisotopic (exact) mass is 326 g/mol. The largest absolute Gasteiger partial charge is 0.342 e. The maximum atomic E-state index is 12.5. The van der Waals surface area contributed by atoms with Crippen molar-refractivity contribution in [1.82, 2.24) is 19.9 Å². The zero-order chi connectivity index (χ0) is 16.9. The summed E-state index contributed by atoms with van der Waals surface area (Å²) in [6.07, 6.45) is 6.18. The second-order valence-corrected chi connectivity index (χ2v) is 6.17. The van der Waals surface area contributed by atoms with Crippen molar-refractivity contribution < 1.29 is 4.79 Å². The molecule has 0 atom stereocenters. The third kappa shape index (κ3) is 3.69. The zero-order valence-electron chi connectivity index (χ0n) is 13.9. The van der Waals surface area contributed by atoms with Gasteiger partial charge in [-0.1, -0.05) is 18.9 Å². The molecule has 1 saturated heterocycles. The van der Waals surface area contributed by atoms with Crippen LogP contribution in [-0.2, 0) is 11.2 Å². The van der Waals surface area contributed by atoms with Crippen LogP contribution in [-0.4, -0.2) is 38.8 Å². The molecule has 6 nitrogen and oxygen atoms in total. The quantitative estimate of drug-likeness (QED) is 0.936. The van der Waals surface area contributed by atoms with Crippen LogP contribution in [0.1, 0.15) is 36.9 Å². The third-order valence-corrected chi connectivity index (χ3v) is 4.42. The highest BCUT2D eigenvalue weighted by Crippen LogP contribution is 2.14. The van der Waals surface area contributed by atoms with Crippen molar-refractivity contribution in [2.45, 2.75) is 39.0 Å². The molecule has 0 aliphatic carbocycles. The molecule has 1 aliphatic rings. The third-order valence-electron chi connectivity index (χ3n) is 4.42. The predicted octanol–water partition coefficient (Wildman–Crippen LogP) is 2.09. The Hall–Kier alpha value is -2.50. The summed E-state index contributed by atoms with van der Waals surface area (Å²) in [6.45, 7) is 3.34. The minimum absolute atomic E-state index is 0.0119. The second-order valence-electron chi connectivity index (χ2n) is 6.17. The molecule has 0 radical (unpaired) electrons. The van der Waals surface area contributed by atoms with E-state index in [1.165, 1.54) is 12.8 Å². The van der Waals surface area contributed by atoms with Crippen molar-refractivity contribution in [2.24, 2.45) is 0 Å². The molecule has 1 fully saturated rings. The first-order valence-electron chi connectivity index (χ1n) is 8.44. The lowest BCUT2D eigenvalue weighted by Gasteiger charge is -2.20. The van der Waals surface area contributed by atoms with Gasteiger partial charge in [0.2, 0.25) is 5.91 Å². The Morgan fingerprint density at radius 2 is 1.96 bits per heavy atom. The predicted molar refractivity (Wildman–Crippen MR) is 91.6 cm³/mol. The van der Waals surface area contributed by atoms with Crippen LogP contribution in [0.15, 0.2) is 29.2 Å². The van der Waals surface area contributed by atoms with E-state index < -0.39 is 0 Å². The maximum absolute atomic E-state index is 12.5. The van der Waals surface area contributed by atoms with E-state index in [1.807, 2.05) is 17.0 Å². The number of H-pyrrole nitrogens is 1. The summed E-state index contributed by atoms with van der Waals surface area (Å²) in [5.41, 5.74) is 1.39. The first-order valence-corrected chi connectivity index (χ1v) is 8.44. The normalized spacial score (nSPS) is 15.1. The fourth-order valence-electron chi connectivity index (χ4n) is 3.03. The fraction of sp³-hybridized carbons (Fsp3) is 0.444. The van der Waals surface area contributed by atoms with E-state index in [2.05, 4.69) is 15.0 Å². The number of hydrogen-bond donors (Lipinski definition) is 1. The average molecular weight is 326 g/mol. The number of aromatic nitrogens is 3. The second kappa shape index (κ2) is 7.38. The number of carbonyl (C=O) groups excluding carboxylic acids is 1. The first kappa shape index (κ1) is 16.4. The van der Waals surface area contributed by atoms with Crippen LogP contribution < -0.4 is 5.56 Å². The highest BCUT2D eigenvalue weighted by atomic mass is 16.2. The van der Waals surface area contributed by atoms with Gasteiger partial charge in [0.1, 0.15) is 5.69 Å². The van der Waals surface area contributed by atoms with E-state index in [0.29, 0.717) is 22.8 Å². The molecule has 0 unspecified atom stereocenters. The molecule has 0 spiro atoms. The lowest BCUT2D eigenvalue weighted by Crippen LogP contribution is -2.35. The summed E-state index contributed by atoms with van der Waals surface area (Å²) in [7, 11) is 0. The molecule has 1 N–H and O–H groups in total. The number of carbonyl (C=O) groups is 1. The van der Waals surface area contributed by atoms with E-state index in [-0.39, 0.29) is 17.9 Å². The Balaban J connectivity index is 1.81. The van der Waals surface area contributed by atoms with Gasteiger partial charge in [0, 0.05) is 30.5 Å². The molecule has 6 heteroatoms. The highest BCUT2D eigenvalue weighted by molar-refractivity contribution is 5.79. The number of pyridine rings is 1. The van der Waals surface area contributed by atoms with E-state index in [0.717, 1.165) is 25.9 Å². The molecular weight excluding hydrogens is 304 g/mol. The first-order chi connectivity index (χ1) is 11.6. The highest BCUT2D eigenvalue weighted by Gasteiger charge is 2.19. The topological polar surface area (TPSA) is 79.0 Å². The summed E-state index contributed by atoms with van der Waals surface area (Å²) < 4.78 is 0. The Morgan fingerprint density at radius 1 is 1.21 bits per heavy atom. The summed E-state index contributed by atoms with van der Waals surface area (Å²) >= 11 is 0. The summed E-state index contributed by atoms with van der Waals surface area (Å²) in [6, 6.07) is 5.44. The van der Waals surface area contributed by atoms with Crippen LogP contribution >= 0.6 is 0 Å². The lowest BCUT2D eigenvalue weighted by molar-refractivity contribution is -0.130. The molecule has 3 rings (SSSR count). The molecule has 2 aromatic heterocycles. The van der Waals surface area contributed by atoms with Crippen molar-refractivity contribution in [2.75, 3.05) is 13.1 Å². The van der Waals surface area contributed by atoms with Crippen molar-refractivity contribution in [3.8, 4) is 11.5 Å². The molecule has 24 heavy (non-hydrogen) atoms. The lowest BCUT2D eigenvalue weighted by atomic mass is 10.1. The molecule has 3 heterocycles. The van der Waals surface area contributed by atoms with Crippen molar-refractivity contribution in [3.63, 3.8) is 0 Å². The molecule has 1 amide bonds. The number of rotatable bonds is 3. The van der Waals surface area contributed by atoms with Crippen molar-refractivity contribution in [1.29, 1.82) is 0 Å². The average Bonchev–Trinajstić information content (AvgIpc) is 2.88. The van der Waals surface area contributed by atoms with Gasteiger partial charge in [-0.15, -0.1) is 0 Å². The minimum Gasteiger partial charge on any atom is -0.342 e. The maximum Gasteiger partial charge on any atom is 0.255 e. The van der Waals surface area contributed by atoms with Crippen LogP contribution in [0.4, 0.5) is 0 Å². The van der Waals surface area contributed by atoms with Crippen LogP contribution in [0.2, 0.25) is 0 Å². The van der Waals surface area contributed by atoms with Gasteiger partial charge in [-0.3, -0.25) is 14.6 Å². The zero-order valence-corrected chi connectivity index (χ0v) is 13.9. The van der Waals surface area contributed by atoms with Crippen molar-refractivity contribution in [3.05, 3.63) is 46.0 Å². The summed E-state index contributed by atoms with van der Waals surface area (Å²) in [4.78, 5) is 38.2. The molecule has 126 valence electrons. The van der Waals surface area contributed by atoms with Gasteiger partial charge in [-0.05, 0) is 31.9 Å². The Morgan fingerprint density at radius 3 is 2.58 bits per heavy atom. The SMILES string of the molecule is Cc1nc(-c2ccccn2)[nH]c(=O)c1CC(=O)N1CCCCCC1. The number of likely N-dealkylation sites (tertiary alicyclic amines) is 1. The molecule has 1 aliphatic heterocycles. The number of nitrogens with zero attached hydrogens (tertiary/aromatic N) is 3. The molecule has 0 saturated carbocycles. The fourth-order valence-corrected chi connectivity index (χ4v) is 3.03.